The minimum atomic E-state index is -3.65. The molecule has 10 nitrogen and oxygen atoms in total. The van der Waals surface area contributed by atoms with E-state index in [0.717, 1.165) is 5.56 Å². The van der Waals surface area contributed by atoms with Crippen LogP contribution < -0.4 is 5.32 Å². The molecular weight excluding hydrogens is 516 g/mol. The third-order valence-electron chi connectivity index (χ3n) is 6.34. The lowest BCUT2D eigenvalue weighted by Crippen LogP contribution is -2.47. The van der Waals surface area contributed by atoms with Gasteiger partial charge in [0.1, 0.15) is 4.90 Å². The number of amides is 1. The zero-order chi connectivity index (χ0) is 25.3. The van der Waals surface area contributed by atoms with Crippen LogP contribution in [0.25, 0.3) is 22.2 Å². The molecule has 0 radical (unpaired) electrons. The molecule has 1 fully saturated rings. The summed E-state index contributed by atoms with van der Waals surface area (Å²) in [5.74, 6) is -0.372. The largest absolute Gasteiger partial charge is 0.494 e. The van der Waals surface area contributed by atoms with Gasteiger partial charge in [0.2, 0.25) is 10.0 Å². The van der Waals surface area contributed by atoms with Crippen LogP contribution >= 0.6 is 12.4 Å². The molecule has 0 atom stereocenters. The summed E-state index contributed by atoms with van der Waals surface area (Å²) in [4.78, 5) is 26.2. The molecule has 4 aromatic rings. The second-order valence-corrected chi connectivity index (χ2v) is 10.7. The maximum absolute atomic E-state index is 13.0. The monoisotopic (exact) mass is 542 g/mol. The molecule has 0 unspecified atom stereocenters. The van der Waals surface area contributed by atoms with Crippen LogP contribution in [0, 0.1) is 0 Å². The molecule has 1 aliphatic heterocycles. The van der Waals surface area contributed by atoms with Crippen molar-refractivity contribution >= 4 is 39.2 Å². The molecule has 194 valence electrons. The van der Waals surface area contributed by atoms with Crippen molar-refractivity contribution in [2.75, 3.05) is 33.2 Å². The Balaban J connectivity index is 0.00000320. The predicted octanol–water partition coefficient (Wildman–Crippen LogP) is 2.62. The van der Waals surface area contributed by atoms with E-state index in [-0.39, 0.29) is 29.1 Å². The number of likely N-dealkylation sites (N-methyl/N-ethyl adjacent to an activating group) is 1. The third kappa shape index (κ3) is 5.44. The number of halogens is 1. The number of aromatic hydroxyl groups is 1. The van der Waals surface area contributed by atoms with Crippen LogP contribution in [0.3, 0.4) is 0 Å². The van der Waals surface area contributed by atoms with Gasteiger partial charge in [-0.25, -0.2) is 8.42 Å². The number of piperazine rings is 1. The average molecular weight is 543 g/mol. The first-order valence-electron chi connectivity index (χ1n) is 11.5. The highest BCUT2D eigenvalue weighted by molar-refractivity contribution is 7.89. The average Bonchev–Trinajstić information content (AvgIpc) is 3.23. The maximum Gasteiger partial charge on any atom is 0.251 e. The van der Waals surface area contributed by atoms with Gasteiger partial charge in [-0.1, -0.05) is 0 Å². The fourth-order valence-electron chi connectivity index (χ4n) is 4.22. The number of hydrogen-bond donors (Lipinski definition) is 3. The van der Waals surface area contributed by atoms with Crippen molar-refractivity contribution in [1.82, 2.24) is 29.5 Å². The summed E-state index contributed by atoms with van der Waals surface area (Å²) in [6.45, 7) is 2.56. The van der Waals surface area contributed by atoms with Gasteiger partial charge in [-0.05, 0) is 55.1 Å². The number of pyridine rings is 2. The molecule has 0 saturated carbocycles. The summed E-state index contributed by atoms with van der Waals surface area (Å²) in [6.07, 6.45) is 4.64. The van der Waals surface area contributed by atoms with Crippen LogP contribution in [0.2, 0.25) is 0 Å². The van der Waals surface area contributed by atoms with Gasteiger partial charge >= 0.3 is 0 Å². The molecule has 4 heterocycles. The number of hydrogen-bond acceptors (Lipinski definition) is 7. The molecule has 0 aliphatic carbocycles. The molecule has 12 heteroatoms. The van der Waals surface area contributed by atoms with E-state index in [1.165, 1.54) is 16.6 Å². The van der Waals surface area contributed by atoms with Gasteiger partial charge in [0.15, 0.2) is 5.88 Å². The Kier molecular flexibility index (Phi) is 7.79. The molecule has 0 bridgehead atoms. The van der Waals surface area contributed by atoms with E-state index in [1.807, 2.05) is 19.2 Å². The number of rotatable bonds is 6. The highest BCUT2D eigenvalue weighted by atomic mass is 35.5. The zero-order valence-corrected chi connectivity index (χ0v) is 21.7. The van der Waals surface area contributed by atoms with E-state index in [0.29, 0.717) is 60.4 Å². The fraction of sp³-hybridized carbons (Fsp3) is 0.240. The lowest BCUT2D eigenvalue weighted by atomic mass is 10.1. The lowest BCUT2D eigenvalue weighted by molar-refractivity contribution is 0.0951. The van der Waals surface area contributed by atoms with Crippen molar-refractivity contribution in [1.29, 1.82) is 0 Å². The lowest BCUT2D eigenvalue weighted by Gasteiger charge is -2.31. The van der Waals surface area contributed by atoms with Gasteiger partial charge in [0.25, 0.3) is 5.91 Å². The Morgan fingerprint density at radius 1 is 1.08 bits per heavy atom. The molecule has 1 saturated heterocycles. The van der Waals surface area contributed by atoms with Crippen molar-refractivity contribution in [2.45, 2.75) is 11.4 Å². The number of sulfonamides is 1. The Hall–Kier alpha value is -3.51. The van der Waals surface area contributed by atoms with Crippen molar-refractivity contribution in [2.24, 2.45) is 0 Å². The SMILES string of the molecule is CN1CCN(S(=O)(=O)c2ccc(-c3c(O)[nH]c4ccc(C(=O)NCc5ccncc5)cc34)nc2)CC1.Cl. The van der Waals surface area contributed by atoms with E-state index in [4.69, 9.17) is 0 Å². The first kappa shape index (κ1) is 26.6. The van der Waals surface area contributed by atoms with Crippen LogP contribution in [-0.4, -0.2) is 76.8 Å². The summed E-state index contributed by atoms with van der Waals surface area (Å²) < 4.78 is 27.5. The second kappa shape index (κ2) is 10.9. The van der Waals surface area contributed by atoms with Crippen molar-refractivity contribution in [3.63, 3.8) is 0 Å². The topological polar surface area (TPSA) is 132 Å². The van der Waals surface area contributed by atoms with Gasteiger partial charge in [0, 0.05) is 67.8 Å². The Labute approximate surface area is 220 Å². The first-order chi connectivity index (χ1) is 17.3. The molecule has 1 amide bonds. The van der Waals surface area contributed by atoms with Gasteiger partial charge < -0.3 is 20.3 Å². The number of carbonyl (C=O) groups is 1. The smallest absolute Gasteiger partial charge is 0.251 e. The number of carbonyl (C=O) groups excluding carboxylic acids is 1. The van der Waals surface area contributed by atoms with Gasteiger partial charge in [-0.15, -0.1) is 12.4 Å². The van der Waals surface area contributed by atoms with E-state index >= 15 is 0 Å². The summed E-state index contributed by atoms with van der Waals surface area (Å²) in [7, 11) is -1.69. The Morgan fingerprint density at radius 2 is 1.81 bits per heavy atom. The van der Waals surface area contributed by atoms with Gasteiger partial charge in [0.05, 0.1) is 11.3 Å². The zero-order valence-electron chi connectivity index (χ0n) is 20.1. The maximum atomic E-state index is 13.0. The Bertz CT molecular complexity index is 1500. The Morgan fingerprint density at radius 3 is 2.49 bits per heavy atom. The highest BCUT2D eigenvalue weighted by Gasteiger charge is 2.28. The van der Waals surface area contributed by atoms with Crippen LogP contribution in [0.1, 0.15) is 15.9 Å². The summed E-state index contributed by atoms with van der Waals surface area (Å²) in [5.41, 5.74) is 2.77. The summed E-state index contributed by atoms with van der Waals surface area (Å²) in [5, 5.41) is 14.1. The molecule has 3 aromatic heterocycles. The van der Waals surface area contributed by atoms with Crippen LogP contribution in [0.5, 0.6) is 5.88 Å². The van der Waals surface area contributed by atoms with E-state index < -0.39 is 10.0 Å². The van der Waals surface area contributed by atoms with Crippen molar-refractivity contribution in [3.8, 4) is 17.1 Å². The summed E-state index contributed by atoms with van der Waals surface area (Å²) in [6, 6.07) is 11.8. The molecule has 3 N–H and O–H groups in total. The number of aromatic nitrogens is 3. The minimum absolute atomic E-state index is 0. The number of fused-ring (bicyclic) bond motifs is 1. The van der Waals surface area contributed by atoms with E-state index in [1.54, 1.807) is 36.7 Å². The van der Waals surface area contributed by atoms with Crippen molar-refractivity contribution in [3.05, 3.63) is 72.2 Å². The molecule has 1 aliphatic rings. The number of nitrogens with zero attached hydrogens (tertiary/aromatic N) is 4. The normalized spacial score (nSPS) is 14.8. The fourth-order valence-corrected chi connectivity index (χ4v) is 5.59. The number of aromatic amines is 1. The van der Waals surface area contributed by atoms with Crippen molar-refractivity contribution < 1.29 is 18.3 Å². The third-order valence-corrected chi connectivity index (χ3v) is 8.22. The number of benzene rings is 1. The van der Waals surface area contributed by atoms with Crippen LogP contribution in [0.15, 0.2) is 66.0 Å². The molecule has 1 aromatic carbocycles. The van der Waals surface area contributed by atoms with Crippen LogP contribution in [0.4, 0.5) is 0 Å². The summed E-state index contributed by atoms with van der Waals surface area (Å²) >= 11 is 0. The first-order valence-corrected chi connectivity index (χ1v) is 12.9. The molecule has 37 heavy (non-hydrogen) atoms. The van der Waals surface area contributed by atoms with Gasteiger partial charge in [-0.3, -0.25) is 14.8 Å². The number of nitrogens with one attached hydrogen (secondary N) is 2. The standard InChI is InChI=1S/C25H26N6O4S.ClH/c1-30-10-12-31(13-11-30)36(34,35)19-3-5-22(27-16-19)23-20-14-18(2-4-21(20)29-25(23)33)24(32)28-15-17-6-8-26-9-7-17;/h2-9,14,16,29,33H,10-13,15H2,1H3,(H,28,32);1H. The van der Waals surface area contributed by atoms with Crippen LogP contribution in [-0.2, 0) is 16.6 Å². The molecule has 0 spiro atoms. The van der Waals surface area contributed by atoms with E-state index in [2.05, 4.69) is 25.2 Å². The minimum Gasteiger partial charge on any atom is -0.494 e. The second-order valence-electron chi connectivity index (χ2n) is 8.73. The predicted molar refractivity (Wildman–Crippen MR) is 142 cm³/mol. The van der Waals surface area contributed by atoms with E-state index in [9.17, 15) is 18.3 Å². The highest BCUT2D eigenvalue weighted by Crippen LogP contribution is 2.36. The number of H-pyrrole nitrogens is 1. The van der Waals surface area contributed by atoms with Gasteiger partial charge in [-0.2, -0.15) is 4.31 Å². The molecule has 5 rings (SSSR count). The quantitative estimate of drug-likeness (QED) is 0.341. The molecular formula is C25H27ClN6O4S.